The van der Waals surface area contributed by atoms with Gasteiger partial charge in [-0.3, -0.25) is 4.68 Å². The number of aryl methyl sites for hydroxylation is 1. The van der Waals surface area contributed by atoms with Crippen LogP contribution in [0.4, 0.5) is 0 Å². The van der Waals surface area contributed by atoms with Crippen LogP contribution in [0.1, 0.15) is 43.8 Å². The number of benzene rings is 1. The van der Waals surface area contributed by atoms with E-state index in [2.05, 4.69) is 32.8 Å². The lowest BCUT2D eigenvalue weighted by Crippen LogP contribution is -2.01. The zero-order chi connectivity index (χ0) is 20.1. The second kappa shape index (κ2) is 6.58. The monoisotopic (exact) mass is 390 g/mol. The van der Waals surface area contributed by atoms with E-state index in [4.69, 9.17) is 14.4 Å². The maximum Gasteiger partial charge on any atom is 0.229 e. The zero-order valence-corrected chi connectivity index (χ0v) is 16.9. The lowest BCUT2D eigenvalue weighted by Gasteiger charge is -2.11. The van der Waals surface area contributed by atoms with Crippen LogP contribution in [0.25, 0.3) is 28.5 Å². The lowest BCUT2D eigenvalue weighted by molar-refractivity contribution is 0.365. The molecule has 148 valence electrons. The molecule has 1 aliphatic rings. The molecule has 0 saturated carbocycles. The summed E-state index contributed by atoms with van der Waals surface area (Å²) in [7, 11) is 1.67. The Bertz CT molecular complexity index is 1200. The molecule has 0 fully saturated rings. The first-order valence-electron chi connectivity index (χ1n) is 9.74. The van der Waals surface area contributed by atoms with E-state index in [0.717, 1.165) is 46.2 Å². The smallest absolute Gasteiger partial charge is 0.229 e. The van der Waals surface area contributed by atoms with Crippen LogP contribution in [0.2, 0.25) is 0 Å². The Morgan fingerprint density at radius 1 is 1.24 bits per heavy atom. The Hall–Kier alpha value is -3.42. The van der Waals surface area contributed by atoms with Crippen LogP contribution in [0.15, 0.2) is 35.2 Å². The quantitative estimate of drug-likeness (QED) is 0.464. The molecule has 0 atom stereocenters. The molecule has 8 heteroatoms. The Morgan fingerprint density at radius 2 is 2.10 bits per heavy atom. The van der Waals surface area contributed by atoms with E-state index in [-0.39, 0.29) is 5.92 Å². The van der Waals surface area contributed by atoms with Crippen molar-refractivity contribution in [1.82, 2.24) is 29.5 Å². The van der Waals surface area contributed by atoms with Crippen molar-refractivity contribution in [2.75, 3.05) is 7.11 Å². The third-order valence-corrected chi connectivity index (χ3v) is 5.25. The van der Waals surface area contributed by atoms with Crippen molar-refractivity contribution in [3.8, 4) is 34.2 Å². The highest BCUT2D eigenvalue weighted by molar-refractivity contribution is 5.77. The van der Waals surface area contributed by atoms with Gasteiger partial charge in [0.2, 0.25) is 11.7 Å². The summed E-state index contributed by atoms with van der Waals surface area (Å²) < 4.78 is 14.9. The molecule has 0 unspecified atom stereocenters. The first-order valence-corrected chi connectivity index (χ1v) is 9.74. The van der Waals surface area contributed by atoms with Crippen molar-refractivity contribution < 1.29 is 9.26 Å². The van der Waals surface area contributed by atoms with Crippen LogP contribution in [-0.2, 0) is 13.0 Å². The molecule has 0 saturated heterocycles. The Kier molecular flexibility index (Phi) is 4.01. The second-order valence-corrected chi connectivity index (χ2v) is 7.44. The van der Waals surface area contributed by atoms with E-state index in [0.29, 0.717) is 18.1 Å². The van der Waals surface area contributed by atoms with Gasteiger partial charge in [0.15, 0.2) is 0 Å². The number of imidazole rings is 1. The minimum Gasteiger partial charge on any atom is -0.497 e. The molecule has 1 aromatic carbocycles. The highest BCUT2D eigenvalue weighted by atomic mass is 16.5. The molecule has 1 aliphatic heterocycles. The Balaban J connectivity index is 1.73. The number of nitrogens with zero attached hydrogens (tertiary/aromatic N) is 6. The van der Waals surface area contributed by atoms with Gasteiger partial charge in [-0.1, -0.05) is 19.0 Å². The van der Waals surface area contributed by atoms with Gasteiger partial charge in [0, 0.05) is 36.2 Å². The summed E-state index contributed by atoms with van der Waals surface area (Å²) in [6, 6.07) is 6.02. The van der Waals surface area contributed by atoms with Crippen LogP contribution in [0.3, 0.4) is 0 Å². The van der Waals surface area contributed by atoms with Crippen LogP contribution in [0.5, 0.6) is 5.75 Å². The van der Waals surface area contributed by atoms with E-state index in [1.807, 2.05) is 43.1 Å². The molecular formula is C21H22N6O2. The summed E-state index contributed by atoms with van der Waals surface area (Å²) >= 11 is 0. The van der Waals surface area contributed by atoms with Crippen LogP contribution in [0, 0.1) is 0 Å². The van der Waals surface area contributed by atoms with Crippen LogP contribution < -0.4 is 4.74 Å². The third kappa shape index (κ3) is 2.74. The average molecular weight is 390 g/mol. The van der Waals surface area contributed by atoms with Crippen LogP contribution in [-0.4, -0.2) is 36.6 Å². The largest absolute Gasteiger partial charge is 0.497 e. The SMILES string of the molecule is CCn1cc2c(n1)-c1cc(OC)ccc1-n1cnc(-c3noc(C(C)C)n3)c1C2. The van der Waals surface area contributed by atoms with E-state index in [1.54, 1.807) is 7.11 Å². The maximum atomic E-state index is 5.47. The van der Waals surface area contributed by atoms with Gasteiger partial charge >= 0.3 is 0 Å². The fourth-order valence-corrected chi connectivity index (χ4v) is 3.71. The van der Waals surface area contributed by atoms with Crippen molar-refractivity contribution in [1.29, 1.82) is 0 Å². The number of fused-ring (bicyclic) bond motifs is 5. The van der Waals surface area contributed by atoms with Gasteiger partial charge in [0.05, 0.1) is 24.2 Å². The summed E-state index contributed by atoms with van der Waals surface area (Å²) in [5, 5.41) is 8.99. The molecule has 0 amide bonds. The molecule has 0 bridgehead atoms. The molecule has 0 radical (unpaired) electrons. The Labute approximate surface area is 168 Å². The van der Waals surface area contributed by atoms with Crippen molar-refractivity contribution in [3.63, 3.8) is 0 Å². The minimum absolute atomic E-state index is 0.167. The summed E-state index contributed by atoms with van der Waals surface area (Å²) in [5.74, 6) is 2.09. The molecule has 4 heterocycles. The summed E-state index contributed by atoms with van der Waals surface area (Å²) in [6.45, 7) is 6.95. The predicted molar refractivity (Wildman–Crippen MR) is 107 cm³/mol. The fourth-order valence-electron chi connectivity index (χ4n) is 3.71. The van der Waals surface area contributed by atoms with E-state index < -0.39 is 0 Å². The first-order chi connectivity index (χ1) is 14.1. The lowest BCUT2D eigenvalue weighted by atomic mass is 10.0. The standard InChI is InChI=1S/C21H22N6O2/c1-5-26-10-13-8-17-19(20-23-21(12(2)3)29-25-20)22-11-27(17)16-7-6-14(28-4)9-15(16)18(13)24-26/h6-7,9-12H,5,8H2,1-4H3. The summed E-state index contributed by atoms with van der Waals surface area (Å²) in [5.41, 5.74) is 5.87. The van der Waals surface area contributed by atoms with Gasteiger partial charge in [0.25, 0.3) is 0 Å². The number of methoxy groups -OCH3 is 1. The molecule has 0 aliphatic carbocycles. The number of aromatic nitrogens is 6. The normalized spacial score (nSPS) is 12.4. The molecule has 8 nitrogen and oxygen atoms in total. The van der Waals surface area contributed by atoms with Crippen molar-refractivity contribution in [2.45, 2.75) is 39.7 Å². The number of hydrogen-bond acceptors (Lipinski definition) is 6. The molecule has 0 spiro atoms. The minimum atomic E-state index is 0.167. The van der Waals surface area contributed by atoms with Gasteiger partial charge in [0.1, 0.15) is 17.8 Å². The van der Waals surface area contributed by atoms with Crippen molar-refractivity contribution >= 4 is 0 Å². The third-order valence-electron chi connectivity index (χ3n) is 5.25. The molecule has 0 N–H and O–H groups in total. The Morgan fingerprint density at radius 3 is 2.83 bits per heavy atom. The van der Waals surface area contributed by atoms with Gasteiger partial charge in [-0.05, 0) is 25.1 Å². The molecule has 4 aromatic rings. The van der Waals surface area contributed by atoms with Gasteiger partial charge in [-0.2, -0.15) is 10.1 Å². The van der Waals surface area contributed by atoms with Crippen LogP contribution >= 0.6 is 0 Å². The van der Waals surface area contributed by atoms with E-state index in [9.17, 15) is 0 Å². The second-order valence-electron chi connectivity index (χ2n) is 7.44. The fraction of sp³-hybridized carbons (Fsp3) is 0.333. The predicted octanol–water partition coefficient (Wildman–Crippen LogP) is 3.84. The van der Waals surface area contributed by atoms with Gasteiger partial charge < -0.3 is 13.8 Å². The zero-order valence-electron chi connectivity index (χ0n) is 16.9. The highest BCUT2D eigenvalue weighted by Crippen LogP contribution is 2.38. The van der Waals surface area contributed by atoms with E-state index in [1.165, 1.54) is 0 Å². The van der Waals surface area contributed by atoms with Crippen molar-refractivity contribution in [3.05, 3.63) is 47.9 Å². The molecule has 29 heavy (non-hydrogen) atoms. The summed E-state index contributed by atoms with van der Waals surface area (Å²) in [4.78, 5) is 9.20. The number of rotatable bonds is 4. The van der Waals surface area contributed by atoms with Gasteiger partial charge in [-0.25, -0.2) is 4.98 Å². The highest BCUT2D eigenvalue weighted by Gasteiger charge is 2.27. The molecular weight excluding hydrogens is 368 g/mol. The molecule has 3 aromatic heterocycles. The first kappa shape index (κ1) is 17.7. The number of ether oxygens (including phenoxy) is 1. The maximum absolute atomic E-state index is 5.47. The number of hydrogen-bond donors (Lipinski definition) is 0. The topological polar surface area (TPSA) is 83.8 Å². The van der Waals surface area contributed by atoms with E-state index >= 15 is 0 Å². The van der Waals surface area contributed by atoms with Gasteiger partial charge in [-0.15, -0.1) is 0 Å². The summed E-state index contributed by atoms with van der Waals surface area (Å²) in [6.07, 6.45) is 4.59. The molecule has 5 rings (SSSR count). The average Bonchev–Trinajstić information content (AvgIpc) is 3.44. The van der Waals surface area contributed by atoms with Crippen molar-refractivity contribution in [2.24, 2.45) is 0 Å².